The Morgan fingerprint density at radius 3 is 2.39 bits per heavy atom. The molecular formula is C18H18N4O. The van der Waals surface area contributed by atoms with Gasteiger partial charge in [-0.3, -0.25) is 9.36 Å². The maximum atomic E-state index is 12.5. The molecule has 5 nitrogen and oxygen atoms in total. The number of aromatic nitrogens is 2. The Balaban J connectivity index is 1.81. The van der Waals surface area contributed by atoms with Crippen molar-refractivity contribution in [2.75, 3.05) is 24.3 Å². The quantitative estimate of drug-likeness (QED) is 0.805. The van der Waals surface area contributed by atoms with Crippen LogP contribution in [0.25, 0.3) is 5.69 Å². The van der Waals surface area contributed by atoms with Crippen molar-refractivity contribution in [2.24, 2.45) is 0 Å². The van der Waals surface area contributed by atoms with Crippen molar-refractivity contribution in [3.63, 3.8) is 0 Å². The largest absolute Gasteiger partial charge is 0.378 e. The summed E-state index contributed by atoms with van der Waals surface area (Å²) in [6, 6.07) is 17.4. The van der Waals surface area contributed by atoms with Gasteiger partial charge in [-0.05, 0) is 36.4 Å². The van der Waals surface area contributed by atoms with Gasteiger partial charge in [0.15, 0.2) is 0 Å². The molecule has 23 heavy (non-hydrogen) atoms. The van der Waals surface area contributed by atoms with Crippen LogP contribution in [0.2, 0.25) is 0 Å². The lowest BCUT2D eigenvalue weighted by atomic mass is 10.2. The van der Waals surface area contributed by atoms with Gasteiger partial charge in [0.1, 0.15) is 5.69 Å². The standard InChI is InChI=1S/C18H18N4O/c1-21(2)15-10-8-14(9-11-15)20-18(23)17-12-19-13-22(17)16-6-4-3-5-7-16/h3-13H,1-2H3,(H,20,23). The summed E-state index contributed by atoms with van der Waals surface area (Å²) in [7, 11) is 3.96. The molecule has 3 rings (SSSR count). The fourth-order valence-corrected chi connectivity index (χ4v) is 2.30. The van der Waals surface area contributed by atoms with Crippen molar-refractivity contribution in [3.8, 4) is 5.69 Å². The fraction of sp³-hybridized carbons (Fsp3) is 0.111. The summed E-state index contributed by atoms with van der Waals surface area (Å²) in [4.78, 5) is 18.6. The third-order valence-electron chi connectivity index (χ3n) is 3.55. The summed E-state index contributed by atoms with van der Waals surface area (Å²) in [5.74, 6) is -0.191. The van der Waals surface area contributed by atoms with E-state index in [1.54, 1.807) is 17.1 Å². The third kappa shape index (κ3) is 3.23. The molecule has 0 spiro atoms. The van der Waals surface area contributed by atoms with Gasteiger partial charge >= 0.3 is 0 Å². The van der Waals surface area contributed by atoms with Crippen LogP contribution in [-0.2, 0) is 0 Å². The first-order valence-corrected chi connectivity index (χ1v) is 7.31. The lowest BCUT2D eigenvalue weighted by Gasteiger charge is -2.13. The van der Waals surface area contributed by atoms with Crippen LogP contribution < -0.4 is 10.2 Å². The molecule has 1 heterocycles. The van der Waals surface area contributed by atoms with E-state index >= 15 is 0 Å². The highest BCUT2D eigenvalue weighted by Gasteiger charge is 2.13. The minimum absolute atomic E-state index is 0.191. The summed E-state index contributed by atoms with van der Waals surface area (Å²) >= 11 is 0. The number of benzene rings is 2. The van der Waals surface area contributed by atoms with E-state index in [1.807, 2.05) is 73.6 Å². The van der Waals surface area contributed by atoms with Gasteiger partial charge in [-0.25, -0.2) is 4.98 Å². The number of carbonyl (C=O) groups excluding carboxylic acids is 1. The maximum Gasteiger partial charge on any atom is 0.274 e. The lowest BCUT2D eigenvalue weighted by molar-refractivity contribution is 0.102. The van der Waals surface area contributed by atoms with Crippen LogP contribution in [0.4, 0.5) is 11.4 Å². The Labute approximate surface area is 135 Å². The molecule has 116 valence electrons. The van der Waals surface area contributed by atoms with Gasteiger partial charge < -0.3 is 10.2 Å². The maximum absolute atomic E-state index is 12.5. The highest BCUT2D eigenvalue weighted by molar-refractivity contribution is 6.03. The molecule has 5 heteroatoms. The molecule has 0 aliphatic carbocycles. The van der Waals surface area contributed by atoms with Gasteiger partial charge in [-0.15, -0.1) is 0 Å². The minimum atomic E-state index is -0.191. The van der Waals surface area contributed by atoms with Gasteiger partial charge in [0.05, 0.1) is 12.5 Å². The number of rotatable bonds is 4. The van der Waals surface area contributed by atoms with Crippen molar-refractivity contribution in [3.05, 3.63) is 72.8 Å². The number of nitrogens with one attached hydrogen (secondary N) is 1. The smallest absolute Gasteiger partial charge is 0.274 e. The molecule has 0 saturated heterocycles. The van der Waals surface area contributed by atoms with E-state index in [0.29, 0.717) is 5.69 Å². The van der Waals surface area contributed by atoms with Gasteiger partial charge in [0.25, 0.3) is 5.91 Å². The van der Waals surface area contributed by atoms with E-state index in [1.165, 1.54) is 0 Å². The first-order valence-electron chi connectivity index (χ1n) is 7.31. The average Bonchev–Trinajstić information content (AvgIpc) is 3.06. The number of para-hydroxylation sites is 1. The molecule has 1 aromatic heterocycles. The number of carbonyl (C=O) groups is 1. The Morgan fingerprint density at radius 2 is 1.74 bits per heavy atom. The molecule has 0 fully saturated rings. The summed E-state index contributed by atoms with van der Waals surface area (Å²) in [5.41, 5.74) is 3.23. The number of anilines is 2. The summed E-state index contributed by atoms with van der Waals surface area (Å²) < 4.78 is 1.77. The molecule has 1 amide bonds. The van der Waals surface area contributed by atoms with E-state index in [-0.39, 0.29) is 5.91 Å². The second-order valence-corrected chi connectivity index (χ2v) is 5.38. The molecule has 1 N–H and O–H groups in total. The molecule has 0 atom stereocenters. The number of amides is 1. The van der Waals surface area contributed by atoms with Crippen LogP contribution in [0, 0.1) is 0 Å². The zero-order valence-electron chi connectivity index (χ0n) is 13.1. The van der Waals surface area contributed by atoms with E-state index in [0.717, 1.165) is 17.1 Å². The van der Waals surface area contributed by atoms with Gasteiger partial charge in [-0.2, -0.15) is 0 Å². The van der Waals surface area contributed by atoms with Crippen molar-refractivity contribution < 1.29 is 4.79 Å². The Bertz CT molecular complexity index is 791. The van der Waals surface area contributed by atoms with Crippen LogP contribution in [0.5, 0.6) is 0 Å². The molecule has 0 aliphatic rings. The molecule has 0 saturated carbocycles. The van der Waals surface area contributed by atoms with Crippen molar-refractivity contribution >= 4 is 17.3 Å². The summed E-state index contributed by atoms with van der Waals surface area (Å²) in [6.07, 6.45) is 3.20. The predicted molar refractivity (Wildman–Crippen MR) is 92.3 cm³/mol. The predicted octanol–water partition coefficient (Wildman–Crippen LogP) is 3.19. The molecular weight excluding hydrogens is 288 g/mol. The second kappa shape index (κ2) is 6.36. The molecule has 3 aromatic rings. The third-order valence-corrected chi connectivity index (χ3v) is 3.55. The fourth-order valence-electron chi connectivity index (χ4n) is 2.30. The average molecular weight is 306 g/mol. The van der Waals surface area contributed by atoms with E-state index in [4.69, 9.17) is 0 Å². The number of hydrogen-bond acceptors (Lipinski definition) is 3. The monoisotopic (exact) mass is 306 g/mol. The lowest BCUT2D eigenvalue weighted by Crippen LogP contribution is -2.16. The molecule has 0 aliphatic heterocycles. The van der Waals surface area contributed by atoms with Crippen LogP contribution in [0.1, 0.15) is 10.5 Å². The van der Waals surface area contributed by atoms with Gasteiger partial charge in [0.2, 0.25) is 0 Å². The Morgan fingerprint density at radius 1 is 1.04 bits per heavy atom. The molecule has 0 unspecified atom stereocenters. The van der Waals surface area contributed by atoms with Crippen molar-refractivity contribution in [1.82, 2.24) is 9.55 Å². The second-order valence-electron chi connectivity index (χ2n) is 5.38. The highest BCUT2D eigenvalue weighted by atomic mass is 16.2. The highest BCUT2D eigenvalue weighted by Crippen LogP contribution is 2.17. The van der Waals surface area contributed by atoms with Crippen molar-refractivity contribution in [2.45, 2.75) is 0 Å². The van der Waals surface area contributed by atoms with Crippen LogP contribution >= 0.6 is 0 Å². The summed E-state index contributed by atoms with van der Waals surface area (Å²) in [5, 5.41) is 2.90. The Hall–Kier alpha value is -3.08. The SMILES string of the molecule is CN(C)c1ccc(NC(=O)c2cncn2-c2ccccc2)cc1. The van der Waals surface area contributed by atoms with Crippen LogP contribution in [0.3, 0.4) is 0 Å². The number of imidazole rings is 1. The first kappa shape index (κ1) is 14.8. The first-order chi connectivity index (χ1) is 11.1. The van der Waals surface area contributed by atoms with E-state index < -0.39 is 0 Å². The van der Waals surface area contributed by atoms with Crippen molar-refractivity contribution in [1.29, 1.82) is 0 Å². The minimum Gasteiger partial charge on any atom is -0.378 e. The number of nitrogens with zero attached hydrogens (tertiary/aromatic N) is 3. The van der Waals surface area contributed by atoms with Gasteiger partial charge in [-0.1, -0.05) is 18.2 Å². The van der Waals surface area contributed by atoms with Crippen LogP contribution in [-0.4, -0.2) is 29.6 Å². The van der Waals surface area contributed by atoms with Gasteiger partial charge in [0, 0.05) is 31.2 Å². The molecule has 0 radical (unpaired) electrons. The van der Waals surface area contributed by atoms with Crippen LogP contribution in [0.15, 0.2) is 67.1 Å². The molecule has 2 aromatic carbocycles. The zero-order valence-corrected chi connectivity index (χ0v) is 13.1. The van der Waals surface area contributed by atoms with E-state index in [9.17, 15) is 4.79 Å². The molecule has 0 bridgehead atoms. The normalized spacial score (nSPS) is 10.3. The topological polar surface area (TPSA) is 50.2 Å². The Kier molecular flexibility index (Phi) is 4.10. The summed E-state index contributed by atoms with van der Waals surface area (Å²) in [6.45, 7) is 0. The van der Waals surface area contributed by atoms with E-state index in [2.05, 4.69) is 10.3 Å². The zero-order chi connectivity index (χ0) is 16.2. The number of hydrogen-bond donors (Lipinski definition) is 1.